The zero-order valence-corrected chi connectivity index (χ0v) is 16.5. The van der Waals surface area contributed by atoms with E-state index in [4.69, 9.17) is 0 Å². The van der Waals surface area contributed by atoms with E-state index < -0.39 is 16.1 Å². The molecule has 1 N–H and O–H groups in total. The van der Waals surface area contributed by atoms with Crippen molar-refractivity contribution in [1.29, 1.82) is 0 Å². The van der Waals surface area contributed by atoms with Crippen LogP contribution in [0.5, 0.6) is 0 Å². The molecule has 1 aromatic heterocycles. The van der Waals surface area contributed by atoms with E-state index in [0.29, 0.717) is 11.4 Å². The number of benzene rings is 1. The second-order valence-corrected chi connectivity index (χ2v) is 9.39. The van der Waals surface area contributed by atoms with Crippen LogP contribution in [-0.4, -0.2) is 62.9 Å². The first-order valence-electron chi connectivity index (χ1n) is 8.99. The number of nitrogens with one attached hydrogen (secondary N) is 1. The van der Waals surface area contributed by atoms with Crippen LogP contribution in [0.2, 0.25) is 0 Å². The lowest BCUT2D eigenvalue weighted by molar-refractivity contribution is 0.225. The molecule has 2 aromatic rings. The molecule has 0 spiro atoms. The van der Waals surface area contributed by atoms with Gasteiger partial charge in [0.05, 0.1) is 0 Å². The van der Waals surface area contributed by atoms with E-state index in [9.17, 15) is 13.2 Å². The molecular weight excluding hydrogens is 384 g/mol. The van der Waals surface area contributed by atoms with Crippen LogP contribution in [0.1, 0.15) is 6.42 Å². The first kappa shape index (κ1) is 18.3. The summed E-state index contributed by atoms with van der Waals surface area (Å²) in [7, 11) is -3.73. The van der Waals surface area contributed by atoms with Crippen LogP contribution >= 0.6 is 11.3 Å². The number of carbonyl (C=O) groups excluding carboxylic acids is 1. The molecule has 4 rings (SSSR count). The SMILES string of the molecule is O=C1Nc2sccc2S(=O)(=O)N1CCCN1CCN(c2ccccc2)CC1. The predicted octanol–water partition coefficient (Wildman–Crippen LogP) is 2.50. The quantitative estimate of drug-likeness (QED) is 0.826. The molecule has 0 saturated carbocycles. The minimum absolute atomic E-state index is 0.197. The molecule has 7 nitrogen and oxygen atoms in total. The minimum atomic E-state index is -3.73. The van der Waals surface area contributed by atoms with Gasteiger partial charge >= 0.3 is 6.03 Å². The Balaban J connectivity index is 1.29. The van der Waals surface area contributed by atoms with E-state index in [1.807, 2.05) is 18.2 Å². The summed E-state index contributed by atoms with van der Waals surface area (Å²) in [5.74, 6) is 0. The van der Waals surface area contributed by atoms with Gasteiger partial charge in [0.25, 0.3) is 10.0 Å². The number of hydrogen-bond donors (Lipinski definition) is 1. The van der Waals surface area contributed by atoms with E-state index in [2.05, 4.69) is 27.2 Å². The predicted molar refractivity (Wildman–Crippen MR) is 107 cm³/mol. The van der Waals surface area contributed by atoms with Crippen molar-refractivity contribution in [2.75, 3.05) is 49.5 Å². The van der Waals surface area contributed by atoms with Gasteiger partial charge in [0.1, 0.15) is 9.90 Å². The third kappa shape index (κ3) is 3.67. The lowest BCUT2D eigenvalue weighted by Crippen LogP contribution is -2.48. The molecule has 0 unspecified atom stereocenters. The summed E-state index contributed by atoms with van der Waals surface area (Å²) in [5.41, 5.74) is 1.24. The zero-order chi connectivity index (χ0) is 18.9. The summed E-state index contributed by atoms with van der Waals surface area (Å²) in [6.45, 7) is 4.74. The lowest BCUT2D eigenvalue weighted by Gasteiger charge is -2.36. The maximum Gasteiger partial charge on any atom is 0.336 e. The third-order valence-corrected chi connectivity index (χ3v) is 7.76. The number of sulfonamides is 1. The fourth-order valence-corrected chi connectivity index (χ4v) is 6.12. The highest BCUT2D eigenvalue weighted by Crippen LogP contribution is 2.34. The van der Waals surface area contributed by atoms with Crippen molar-refractivity contribution in [3.63, 3.8) is 0 Å². The summed E-state index contributed by atoms with van der Waals surface area (Å²) in [6.07, 6.45) is 0.622. The molecule has 0 radical (unpaired) electrons. The molecule has 0 atom stereocenters. The van der Waals surface area contributed by atoms with Crippen LogP contribution in [-0.2, 0) is 10.0 Å². The average Bonchev–Trinajstić information content (AvgIpc) is 3.15. The Bertz CT molecular complexity index is 906. The highest BCUT2D eigenvalue weighted by atomic mass is 32.2. The van der Waals surface area contributed by atoms with Crippen LogP contribution in [0.4, 0.5) is 15.5 Å². The van der Waals surface area contributed by atoms with Gasteiger partial charge < -0.3 is 4.90 Å². The molecule has 3 heterocycles. The van der Waals surface area contributed by atoms with Crippen molar-refractivity contribution in [2.45, 2.75) is 11.3 Å². The first-order chi connectivity index (χ1) is 13.1. The third-order valence-electron chi connectivity index (χ3n) is 4.97. The van der Waals surface area contributed by atoms with Gasteiger partial charge in [0, 0.05) is 45.0 Å². The Morgan fingerprint density at radius 3 is 2.48 bits per heavy atom. The lowest BCUT2D eigenvalue weighted by atomic mass is 10.2. The summed E-state index contributed by atoms with van der Waals surface area (Å²) in [5, 5.41) is 4.75. The molecule has 27 heavy (non-hydrogen) atoms. The number of amides is 2. The fourth-order valence-electron chi connectivity index (χ4n) is 3.51. The fraction of sp³-hybridized carbons (Fsp3) is 0.389. The molecule has 2 aliphatic heterocycles. The van der Waals surface area contributed by atoms with E-state index in [-0.39, 0.29) is 11.4 Å². The van der Waals surface area contributed by atoms with Gasteiger partial charge in [-0.1, -0.05) is 18.2 Å². The molecule has 1 aromatic carbocycles. The number of fused-ring (bicyclic) bond motifs is 1. The molecular formula is C18H22N4O3S2. The number of carbonyl (C=O) groups is 1. The molecule has 0 bridgehead atoms. The second-order valence-electron chi connectivity index (χ2n) is 6.64. The standard InChI is InChI=1S/C18H22N4O3S2/c23-18-19-17-16(7-14-26-17)27(24,25)22(18)9-4-8-20-10-12-21(13-11-20)15-5-2-1-3-6-15/h1-3,5-7,14H,4,8-13H2,(H,19,23). The summed E-state index contributed by atoms with van der Waals surface area (Å²) >= 11 is 1.23. The summed E-state index contributed by atoms with van der Waals surface area (Å²) in [6, 6.07) is 11.3. The Morgan fingerprint density at radius 2 is 1.74 bits per heavy atom. The smallest absolute Gasteiger partial charge is 0.336 e. The Labute approximate surface area is 163 Å². The van der Waals surface area contributed by atoms with Crippen molar-refractivity contribution in [3.05, 3.63) is 41.8 Å². The molecule has 2 aliphatic rings. The summed E-state index contributed by atoms with van der Waals surface area (Å²) in [4.78, 5) is 17.1. The number of thiophene rings is 1. The number of nitrogens with zero attached hydrogens (tertiary/aromatic N) is 3. The van der Waals surface area contributed by atoms with E-state index >= 15 is 0 Å². The van der Waals surface area contributed by atoms with Gasteiger partial charge in [0.15, 0.2) is 0 Å². The Morgan fingerprint density at radius 1 is 1.00 bits per heavy atom. The Kier molecular flexibility index (Phi) is 5.07. The van der Waals surface area contributed by atoms with Crippen LogP contribution < -0.4 is 10.2 Å². The van der Waals surface area contributed by atoms with E-state index in [1.54, 1.807) is 11.4 Å². The van der Waals surface area contributed by atoms with Gasteiger partial charge in [-0.05, 0) is 30.0 Å². The maximum absolute atomic E-state index is 12.6. The van der Waals surface area contributed by atoms with Crippen molar-refractivity contribution in [2.24, 2.45) is 0 Å². The van der Waals surface area contributed by atoms with Crippen molar-refractivity contribution in [3.8, 4) is 0 Å². The van der Waals surface area contributed by atoms with Crippen LogP contribution in [0.25, 0.3) is 0 Å². The van der Waals surface area contributed by atoms with Gasteiger partial charge in [-0.3, -0.25) is 10.2 Å². The highest BCUT2D eigenvalue weighted by Gasteiger charge is 2.37. The number of anilines is 2. The number of urea groups is 1. The largest absolute Gasteiger partial charge is 0.369 e. The number of hydrogen-bond acceptors (Lipinski definition) is 6. The maximum atomic E-state index is 12.6. The van der Waals surface area contributed by atoms with Crippen molar-refractivity contribution >= 4 is 38.1 Å². The zero-order valence-electron chi connectivity index (χ0n) is 14.9. The molecule has 0 aliphatic carbocycles. The average molecular weight is 407 g/mol. The monoisotopic (exact) mass is 406 g/mol. The van der Waals surface area contributed by atoms with E-state index in [1.165, 1.54) is 17.0 Å². The van der Waals surface area contributed by atoms with Crippen LogP contribution in [0.15, 0.2) is 46.7 Å². The van der Waals surface area contributed by atoms with Crippen LogP contribution in [0, 0.1) is 0 Å². The highest BCUT2D eigenvalue weighted by molar-refractivity contribution is 7.90. The van der Waals surface area contributed by atoms with Gasteiger partial charge in [-0.2, -0.15) is 0 Å². The molecule has 9 heteroatoms. The van der Waals surface area contributed by atoms with Gasteiger partial charge in [-0.15, -0.1) is 11.3 Å². The normalized spacial score (nSPS) is 19.6. The number of para-hydroxylation sites is 1. The van der Waals surface area contributed by atoms with Crippen LogP contribution in [0.3, 0.4) is 0 Å². The van der Waals surface area contributed by atoms with Crippen molar-refractivity contribution < 1.29 is 13.2 Å². The molecule has 1 fully saturated rings. The minimum Gasteiger partial charge on any atom is -0.369 e. The molecule has 1 saturated heterocycles. The molecule has 144 valence electrons. The topological polar surface area (TPSA) is 73.0 Å². The first-order valence-corrected chi connectivity index (χ1v) is 11.3. The number of rotatable bonds is 5. The second kappa shape index (κ2) is 7.49. The molecule has 2 amide bonds. The van der Waals surface area contributed by atoms with E-state index in [0.717, 1.165) is 37.0 Å². The number of piperazine rings is 1. The van der Waals surface area contributed by atoms with Crippen molar-refractivity contribution in [1.82, 2.24) is 9.21 Å². The van der Waals surface area contributed by atoms with Gasteiger partial charge in [-0.25, -0.2) is 17.5 Å². The Hall–Kier alpha value is -2.10. The summed E-state index contributed by atoms with van der Waals surface area (Å²) < 4.78 is 26.2. The van der Waals surface area contributed by atoms with Gasteiger partial charge in [0.2, 0.25) is 0 Å².